The van der Waals surface area contributed by atoms with Crippen molar-refractivity contribution < 1.29 is 19.1 Å². The van der Waals surface area contributed by atoms with Gasteiger partial charge < -0.3 is 10.1 Å². The van der Waals surface area contributed by atoms with Crippen molar-refractivity contribution in [2.45, 2.75) is 59.1 Å². The van der Waals surface area contributed by atoms with E-state index in [1.807, 2.05) is 19.9 Å². The summed E-state index contributed by atoms with van der Waals surface area (Å²) in [5, 5.41) is 2.62. The predicted molar refractivity (Wildman–Crippen MR) is 93.0 cm³/mol. The molecular formula is C19H27NO4. The van der Waals surface area contributed by atoms with E-state index in [1.165, 1.54) is 0 Å². The number of Topliss-reactive ketones (excluding diaryl/α,β-unsaturated/α-hetero) is 2. The van der Waals surface area contributed by atoms with Crippen molar-refractivity contribution in [3.63, 3.8) is 0 Å². The number of nitrogens with one attached hydrogen (secondary N) is 1. The van der Waals surface area contributed by atoms with Crippen LogP contribution in [0.2, 0.25) is 0 Å². The molecule has 2 atom stereocenters. The Hall–Kier alpha value is -2.17. The molecule has 1 aromatic carbocycles. The second-order valence-electron chi connectivity index (χ2n) is 6.94. The molecule has 0 radical (unpaired) electrons. The molecule has 0 aromatic heterocycles. The van der Waals surface area contributed by atoms with E-state index in [0.717, 1.165) is 0 Å². The molecule has 1 N–H and O–H groups in total. The summed E-state index contributed by atoms with van der Waals surface area (Å²) in [7, 11) is 0. The fourth-order valence-electron chi connectivity index (χ4n) is 2.20. The van der Waals surface area contributed by atoms with E-state index in [-0.39, 0.29) is 23.9 Å². The van der Waals surface area contributed by atoms with Crippen molar-refractivity contribution in [2.24, 2.45) is 5.92 Å². The summed E-state index contributed by atoms with van der Waals surface area (Å²) in [6.07, 6.45) is -0.186. The summed E-state index contributed by atoms with van der Waals surface area (Å²) in [6.45, 7) is 9.07. The summed E-state index contributed by atoms with van der Waals surface area (Å²) in [5.41, 5.74) is -0.154. The fraction of sp³-hybridized carbons (Fsp3) is 0.526. The lowest BCUT2D eigenvalue weighted by Crippen LogP contribution is -2.47. The number of alkyl carbamates (subject to hydrolysis) is 1. The maximum atomic E-state index is 12.5. The number of benzene rings is 1. The standard InChI is InChI=1S/C19H27NO4/c1-6-13(2)17(20-18(23)24-19(3,4)5)16(22)12-15(21)14-10-8-7-9-11-14/h7-11,13,17H,6,12H2,1-5H3,(H,20,23)/t13-,17-/m0/s1. The minimum atomic E-state index is -0.738. The predicted octanol–water partition coefficient (Wildman–Crippen LogP) is 3.77. The normalized spacial score (nSPS) is 13.7. The molecule has 0 fully saturated rings. The van der Waals surface area contributed by atoms with Crippen LogP contribution in [0.3, 0.4) is 0 Å². The van der Waals surface area contributed by atoms with Gasteiger partial charge in [0.15, 0.2) is 11.6 Å². The average molecular weight is 333 g/mol. The van der Waals surface area contributed by atoms with Crippen LogP contribution in [-0.2, 0) is 9.53 Å². The number of ketones is 2. The van der Waals surface area contributed by atoms with Crippen LogP contribution in [0.15, 0.2) is 30.3 Å². The van der Waals surface area contributed by atoms with Gasteiger partial charge in [0.05, 0.1) is 12.5 Å². The maximum Gasteiger partial charge on any atom is 0.408 e. The monoisotopic (exact) mass is 333 g/mol. The van der Waals surface area contributed by atoms with Crippen LogP contribution in [0.25, 0.3) is 0 Å². The Kier molecular flexibility index (Phi) is 7.14. The molecule has 0 bridgehead atoms. The second-order valence-corrected chi connectivity index (χ2v) is 6.94. The van der Waals surface area contributed by atoms with Crippen LogP contribution in [0.1, 0.15) is 57.8 Å². The molecule has 1 aromatic rings. The van der Waals surface area contributed by atoms with Crippen molar-refractivity contribution in [1.82, 2.24) is 5.32 Å². The van der Waals surface area contributed by atoms with E-state index in [2.05, 4.69) is 5.32 Å². The van der Waals surface area contributed by atoms with E-state index < -0.39 is 17.7 Å². The summed E-state index contributed by atoms with van der Waals surface area (Å²) >= 11 is 0. The van der Waals surface area contributed by atoms with Gasteiger partial charge >= 0.3 is 6.09 Å². The molecule has 0 aliphatic heterocycles. The lowest BCUT2D eigenvalue weighted by Gasteiger charge is -2.26. The first-order valence-corrected chi connectivity index (χ1v) is 8.24. The van der Waals surface area contributed by atoms with Crippen LogP contribution in [0, 0.1) is 5.92 Å². The van der Waals surface area contributed by atoms with Crippen molar-refractivity contribution >= 4 is 17.7 Å². The molecule has 24 heavy (non-hydrogen) atoms. The number of hydrogen-bond donors (Lipinski definition) is 1. The smallest absolute Gasteiger partial charge is 0.408 e. The Labute approximate surface area is 143 Å². The third-order valence-corrected chi connectivity index (χ3v) is 3.66. The first kappa shape index (κ1) is 19.9. The topological polar surface area (TPSA) is 72.5 Å². The molecule has 1 amide bonds. The van der Waals surface area contributed by atoms with E-state index >= 15 is 0 Å². The second kappa shape index (κ2) is 8.62. The van der Waals surface area contributed by atoms with Crippen molar-refractivity contribution in [3.05, 3.63) is 35.9 Å². The third kappa shape index (κ3) is 6.52. The Morgan fingerprint density at radius 2 is 1.71 bits per heavy atom. The van der Waals surface area contributed by atoms with Gasteiger partial charge in [-0.2, -0.15) is 0 Å². The zero-order valence-corrected chi connectivity index (χ0v) is 15.1. The van der Waals surface area contributed by atoms with Crippen molar-refractivity contribution in [2.75, 3.05) is 0 Å². The lowest BCUT2D eigenvalue weighted by atomic mass is 9.92. The molecule has 5 heteroatoms. The number of ether oxygens (including phenoxy) is 1. The van der Waals surface area contributed by atoms with Crippen LogP contribution >= 0.6 is 0 Å². The van der Waals surface area contributed by atoms with Gasteiger partial charge in [-0.15, -0.1) is 0 Å². The highest BCUT2D eigenvalue weighted by Crippen LogP contribution is 2.14. The summed E-state index contributed by atoms with van der Waals surface area (Å²) in [6, 6.07) is 7.93. The molecule has 0 saturated carbocycles. The fourth-order valence-corrected chi connectivity index (χ4v) is 2.20. The van der Waals surface area contributed by atoms with Crippen molar-refractivity contribution in [3.8, 4) is 0 Å². The first-order chi connectivity index (χ1) is 11.1. The minimum absolute atomic E-state index is 0.0893. The van der Waals surface area contributed by atoms with Gasteiger partial charge in [0.25, 0.3) is 0 Å². The Morgan fingerprint density at radius 3 is 2.21 bits per heavy atom. The number of hydrogen-bond acceptors (Lipinski definition) is 4. The van der Waals surface area contributed by atoms with E-state index in [9.17, 15) is 14.4 Å². The minimum Gasteiger partial charge on any atom is -0.444 e. The molecule has 5 nitrogen and oxygen atoms in total. The van der Waals surface area contributed by atoms with Crippen LogP contribution in [0.5, 0.6) is 0 Å². The zero-order chi connectivity index (χ0) is 18.3. The number of amides is 1. The van der Waals surface area contributed by atoms with Crippen LogP contribution in [-0.4, -0.2) is 29.3 Å². The van der Waals surface area contributed by atoms with Crippen LogP contribution in [0.4, 0.5) is 4.79 Å². The maximum absolute atomic E-state index is 12.5. The Bertz CT molecular complexity index is 575. The molecule has 0 aliphatic rings. The molecule has 0 aliphatic carbocycles. The lowest BCUT2D eigenvalue weighted by molar-refractivity contribution is -0.121. The van der Waals surface area contributed by atoms with E-state index in [0.29, 0.717) is 12.0 Å². The summed E-state index contributed by atoms with van der Waals surface area (Å²) in [4.78, 5) is 36.7. The zero-order valence-electron chi connectivity index (χ0n) is 15.1. The third-order valence-electron chi connectivity index (χ3n) is 3.66. The van der Waals surface area contributed by atoms with Gasteiger partial charge in [0.2, 0.25) is 0 Å². The van der Waals surface area contributed by atoms with E-state index in [4.69, 9.17) is 4.74 Å². The number of carbonyl (C=O) groups is 3. The Morgan fingerprint density at radius 1 is 1.12 bits per heavy atom. The number of carbonyl (C=O) groups excluding carboxylic acids is 3. The highest BCUT2D eigenvalue weighted by molar-refractivity contribution is 6.09. The largest absolute Gasteiger partial charge is 0.444 e. The Balaban J connectivity index is 2.78. The van der Waals surface area contributed by atoms with Gasteiger partial charge in [-0.25, -0.2) is 4.79 Å². The van der Waals surface area contributed by atoms with Gasteiger partial charge in [0, 0.05) is 5.56 Å². The molecular weight excluding hydrogens is 306 g/mol. The number of rotatable bonds is 7. The van der Waals surface area contributed by atoms with Gasteiger partial charge in [-0.1, -0.05) is 50.6 Å². The molecule has 0 saturated heterocycles. The average Bonchev–Trinajstić information content (AvgIpc) is 2.50. The SMILES string of the molecule is CC[C@H](C)[C@H](NC(=O)OC(C)(C)C)C(=O)CC(=O)c1ccccc1. The molecule has 1 rings (SSSR count). The molecule has 132 valence electrons. The molecule has 0 heterocycles. The molecule has 0 unspecified atom stereocenters. The summed E-state index contributed by atoms with van der Waals surface area (Å²) < 4.78 is 5.22. The van der Waals surface area contributed by atoms with Gasteiger partial charge in [-0.05, 0) is 26.7 Å². The van der Waals surface area contributed by atoms with E-state index in [1.54, 1.807) is 45.0 Å². The van der Waals surface area contributed by atoms with Gasteiger partial charge in [0.1, 0.15) is 5.60 Å². The first-order valence-electron chi connectivity index (χ1n) is 8.24. The molecule has 0 spiro atoms. The van der Waals surface area contributed by atoms with Crippen molar-refractivity contribution in [1.29, 1.82) is 0 Å². The summed E-state index contributed by atoms with van der Waals surface area (Å²) in [5.74, 6) is -0.641. The highest BCUT2D eigenvalue weighted by Gasteiger charge is 2.29. The highest BCUT2D eigenvalue weighted by atomic mass is 16.6. The quantitative estimate of drug-likeness (QED) is 0.609. The van der Waals surface area contributed by atoms with Gasteiger partial charge in [-0.3, -0.25) is 9.59 Å². The van der Waals surface area contributed by atoms with Crippen LogP contribution < -0.4 is 5.32 Å².